The summed E-state index contributed by atoms with van der Waals surface area (Å²) in [6.45, 7) is 6.06. The van der Waals surface area contributed by atoms with Gasteiger partial charge >= 0.3 is 0 Å². The highest BCUT2D eigenvalue weighted by molar-refractivity contribution is 5.79. The van der Waals surface area contributed by atoms with Crippen LogP contribution in [0.2, 0.25) is 0 Å². The zero-order valence-corrected chi connectivity index (χ0v) is 13.8. The summed E-state index contributed by atoms with van der Waals surface area (Å²) in [4.78, 5) is 2.63. The summed E-state index contributed by atoms with van der Waals surface area (Å²) in [6.07, 6.45) is 9.17. The van der Waals surface area contributed by atoms with E-state index in [1.165, 1.54) is 63.5 Å². The molecule has 1 aliphatic heterocycles. The lowest BCUT2D eigenvalue weighted by Gasteiger charge is -2.31. The maximum atomic E-state index is 5.38. The Bertz CT molecular complexity index is 570. The predicted octanol–water partition coefficient (Wildman–Crippen LogP) is 4.66. The van der Waals surface area contributed by atoms with Crippen molar-refractivity contribution in [3.8, 4) is 0 Å². The van der Waals surface area contributed by atoms with E-state index in [-0.39, 0.29) is 0 Å². The van der Waals surface area contributed by atoms with Crippen molar-refractivity contribution in [2.75, 3.05) is 19.6 Å². The standard InChI is InChI=1S/C19H28N2O/c1-2-3-7-16-11-14-21(15-12-16)13-6-9-18-17-8-4-5-10-19(17)22-20-18/h4-5,8,10,16H,2-3,6-7,9,11-15H2,1H3. The molecule has 1 aromatic heterocycles. The number of hydrogen-bond donors (Lipinski definition) is 0. The van der Waals surface area contributed by atoms with Crippen LogP contribution >= 0.6 is 0 Å². The van der Waals surface area contributed by atoms with Gasteiger partial charge in [-0.2, -0.15) is 0 Å². The summed E-state index contributed by atoms with van der Waals surface area (Å²) in [5.74, 6) is 0.982. The van der Waals surface area contributed by atoms with Crippen molar-refractivity contribution < 1.29 is 4.52 Å². The summed E-state index contributed by atoms with van der Waals surface area (Å²) in [5.41, 5.74) is 2.03. The molecule has 1 aromatic carbocycles. The van der Waals surface area contributed by atoms with Gasteiger partial charge in [-0.25, -0.2) is 0 Å². The third-order valence-corrected chi connectivity index (χ3v) is 5.01. The SMILES string of the molecule is CCCCC1CCN(CCCc2noc3ccccc23)CC1. The summed E-state index contributed by atoms with van der Waals surface area (Å²) in [7, 11) is 0. The van der Waals surface area contributed by atoms with E-state index in [4.69, 9.17) is 4.52 Å². The Hall–Kier alpha value is -1.35. The Morgan fingerprint density at radius 2 is 2.00 bits per heavy atom. The lowest BCUT2D eigenvalue weighted by atomic mass is 9.91. The minimum absolute atomic E-state index is 0.911. The van der Waals surface area contributed by atoms with E-state index in [0.717, 1.165) is 23.6 Å². The molecule has 0 amide bonds. The number of rotatable bonds is 7. The molecule has 0 saturated carbocycles. The number of nitrogens with zero attached hydrogens (tertiary/aromatic N) is 2. The maximum Gasteiger partial charge on any atom is 0.167 e. The Morgan fingerprint density at radius 1 is 1.18 bits per heavy atom. The molecule has 1 fully saturated rings. The van der Waals surface area contributed by atoms with Gasteiger partial charge in [0.15, 0.2) is 5.58 Å². The van der Waals surface area contributed by atoms with E-state index in [9.17, 15) is 0 Å². The quantitative estimate of drug-likeness (QED) is 0.744. The van der Waals surface area contributed by atoms with Crippen LogP contribution in [0.3, 0.4) is 0 Å². The fourth-order valence-corrected chi connectivity index (χ4v) is 3.58. The van der Waals surface area contributed by atoms with Crippen molar-refractivity contribution in [2.45, 2.75) is 51.9 Å². The van der Waals surface area contributed by atoms with Gasteiger partial charge in [-0.1, -0.05) is 43.5 Å². The predicted molar refractivity (Wildman–Crippen MR) is 91.0 cm³/mol. The molecule has 3 heteroatoms. The second kappa shape index (κ2) is 7.77. The molecule has 1 saturated heterocycles. The van der Waals surface area contributed by atoms with Gasteiger partial charge in [0.2, 0.25) is 0 Å². The van der Waals surface area contributed by atoms with Gasteiger partial charge in [-0.3, -0.25) is 0 Å². The van der Waals surface area contributed by atoms with Crippen LogP contribution in [0, 0.1) is 5.92 Å². The fraction of sp³-hybridized carbons (Fsp3) is 0.632. The number of aryl methyl sites for hydroxylation is 1. The normalized spacial score (nSPS) is 17.3. The number of piperidine rings is 1. The van der Waals surface area contributed by atoms with Gasteiger partial charge in [-0.15, -0.1) is 0 Å². The minimum atomic E-state index is 0.911. The first-order valence-electron chi connectivity index (χ1n) is 8.92. The van der Waals surface area contributed by atoms with Crippen LogP contribution in [-0.4, -0.2) is 29.7 Å². The van der Waals surface area contributed by atoms with Crippen molar-refractivity contribution in [1.82, 2.24) is 10.1 Å². The van der Waals surface area contributed by atoms with E-state index in [2.05, 4.69) is 29.1 Å². The smallest absolute Gasteiger partial charge is 0.167 e. The van der Waals surface area contributed by atoms with Gasteiger partial charge in [-0.05, 0) is 63.4 Å². The Labute approximate surface area is 133 Å². The van der Waals surface area contributed by atoms with E-state index < -0.39 is 0 Å². The van der Waals surface area contributed by atoms with Crippen LogP contribution in [0.4, 0.5) is 0 Å². The molecule has 0 atom stereocenters. The van der Waals surface area contributed by atoms with Crippen molar-refractivity contribution >= 4 is 11.0 Å². The molecular formula is C19H28N2O. The van der Waals surface area contributed by atoms with Gasteiger partial charge in [0.1, 0.15) is 0 Å². The van der Waals surface area contributed by atoms with Crippen LogP contribution in [0.15, 0.2) is 28.8 Å². The third-order valence-electron chi connectivity index (χ3n) is 5.01. The topological polar surface area (TPSA) is 29.3 Å². The van der Waals surface area contributed by atoms with Crippen LogP contribution in [0.25, 0.3) is 11.0 Å². The number of aromatic nitrogens is 1. The molecule has 120 valence electrons. The number of likely N-dealkylation sites (tertiary alicyclic amines) is 1. The molecule has 22 heavy (non-hydrogen) atoms. The lowest BCUT2D eigenvalue weighted by Crippen LogP contribution is -2.34. The zero-order chi connectivity index (χ0) is 15.2. The number of benzene rings is 1. The Morgan fingerprint density at radius 3 is 2.82 bits per heavy atom. The average Bonchev–Trinajstić information content (AvgIpc) is 2.98. The van der Waals surface area contributed by atoms with Gasteiger partial charge in [0.05, 0.1) is 5.69 Å². The monoisotopic (exact) mass is 300 g/mol. The Kier molecular flexibility index (Phi) is 5.49. The molecule has 2 heterocycles. The first-order valence-corrected chi connectivity index (χ1v) is 8.92. The number of fused-ring (bicyclic) bond motifs is 1. The van der Waals surface area contributed by atoms with Crippen LogP contribution in [0.1, 0.15) is 51.1 Å². The average molecular weight is 300 g/mol. The first kappa shape index (κ1) is 15.5. The van der Waals surface area contributed by atoms with Crippen molar-refractivity contribution in [2.24, 2.45) is 5.92 Å². The lowest BCUT2D eigenvalue weighted by molar-refractivity contribution is 0.176. The summed E-state index contributed by atoms with van der Waals surface area (Å²) < 4.78 is 5.38. The molecular weight excluding hydrogens is 272 g/mol. The number of hydrogen-bond acceptors (Lipinski definition) is 3. The van der Waals surface area contributed by atoms with Crippen molar-refractivity contribution in [3.63, 3.8) is 0 Å². The van der Waals surface area contributed by atoms with Crippen LogP contribution in [-0.2, 0) is 6.42 Å². The first-order chi connectivity index (χ1) is 10.9. The van der Waals surface area contributed by atoms with Crippen molar-refractivity contribution in [3.05, 3.63) is 30.0 Å². The summed E-state index contributed by atoms with van der Waals surface area (Å²) in [5, 5.41) is 5.41. The van der Waals surface area contributed by atoms with Crippen LogP contribution < -0.4 is 0 Å². The molecule has 1 aliphatic rings. The molecule has 0 aliphatic carbocycles. The molecule has 3 rings (SSSR count). The molecule has 0 unspecified atom stereocenters. The van der Waals surface area contributed by atoms with Gasteiger partial charge in [0.25, 0.3) is 0 Å². The summed E-state index contributed by atoms with van der Waals surface area (Å²) >= 11 is 0. The second-order valence-electron chi connectivity index (χ2n) is 6.66. The third kappa shape index (κ3) is 3.89. The van der Waals surface area contributed by atoms with Gasteiger partial charge < -0.3 is 9.42 Å². The molecule has 0 N–H and O–H groups in total. The molecule has 0 spiro atoms. The molecule has 3 nitrogen and oxygen atoms in total. The second-order valence-corrected chi connectivity index (χ2v) is 6.66. The van der Waals surface area contributed by atoms with Gasteiger partial charge in [0, 0.05) is 5.39 Å². The number of para-hydroxylation sites is 1. The van der Waals surface area contributed by atoms with Crippen LogP contribution in [0.5, 0.6) is 0 Å². The minimum Gasteiger partial charge on any atom is -0.356 e. The zero-order valence-electron chi connectivity index (χ0n) is 13.8. The Balaban J connectivity index is 1.41. The highest BCUT2D eigenvalue weighted by Crippen LogP contribution is 2.23. The molecule has 2 aromatic rings. The summed E-state index contributed by atoms with van der Waals surface area (Å²) in [6, 6.07) is 8.16. The maximum absolute atomic E-state index is 5.38. The van der Waals surface area contributed by atoms with E-state index in [1.54, 1.807) is 0 Å². The highest BCUT2D eigenvalue weighted by atomic mass is 16.5. The van der Waals surface area contributed by atoms with E-state index >= 15 is 0 Å². The van der Waals surface area contributed by atoms with Crippen molar-refractivity contribution in [1.29, 1.82) is 0 Å². The number of unbranched alkanes of at least 4 members (excludes halogenated alkanes) is 1. The highest BCUT2D eigenvalue weighted by Gasteiger charge is 2.18. The largest absolute Gasteiger partial charge is 0.356 e. The fourth-order valence-electron chi connectivity index (χ4n) is 3.58. The molecule has 0 bridgehead atoms. The molecule has 0 radical (unpaired) electrons. The van der Waals surface area contributed by atoms with E-state index in [0.29, 0.717) is 0 Å². The van der Waals surface area contributed by atoms with E-state index in [1.807, 2.05) is 12.1 Å².